The lowest BCUT2D eigenvalue weighted by molar-refractivity contribution is -0.154. The molecule has 0 saturated carbocycles. The van der Waals surface area contributed by atoms with E-state index in [4.69, 9.17) is 26.2 Å². The molecule has 13 heteroatoms. The molecule has 0 spiro atoms. The van der Waals surface area contributed by atoms with Gasteiger partial charge < -0.3 is 20.2 Å². The fourth-order valence-electron chi connectivity index (χ4n) is 7.41. The summed E-state index contributed by atoms with van der Waals surface area (Å²) in [6, 6.07) is 48.1. The van der Waals surface area contributed by atoms with Gasteiger partial charge >= 0.3 is 5.97 Å². The van der Waals surface area contributed by atoms with Crippen LogP contribution in [0.4, 0.5) is 5.13 Å². The number of hydrogen-bond acceptors (Lipinski definition) is 10. The van der Waals surface area contributed by atoms with Crippen LogP contribution in [0.1, 0.15) is 39.6 Å². The number of thioether (sulfide) groups is 1. The van der Waals surface area contributed by atoms with Crippen LogP contribution < -0.4 is 10.6 Å². The molecule has 0 aliphatic carbocycles. The number of carbonyl (C=O) groups excluding carboxylic acids is 3. The Hall–Kier alpha value is -6.21. The molecular weight excluding hydrogens is 802 g/mol. The Bertz CT molecular complexity index is 2350. The summed E-state index contributed by atoms with van der Waals surface area (Å²) < 4.78 is 6.17. The van der Waals surface area contributed by atoms with E-state index in [-0.39, 0.29) is 23.0 Å². The van der Waals surface area contributed by atoms with Crippen molar-refractivity contribution in [3.8, 4) is 0 Å². The van der Waals surface area contributed by atoms with E-state index in [0.29, 0.717) is 16.5 Å². The van der Waals surface area contributed by atoms with Gasteiger partial charge in [-0.05, 0) is 33.4 Å². The van der Waals surface area contributed by atoms with Gasteiger partial charge in [0.1, 0.15) is 35.5 Å². The second kappa shape index (κ2) is 17.7. The number of aromatic nitrogens is 1. The third kappa shape index (κ3) is 7.86. The number of nitrogens with one attached hydrogen (secondary N) is 2. The van der Waals surface area contributed by atoms with E-state index in [1.54, 1.807) is 5.38 Å². The van der Waals surface area contributed by atoms with Crippen molar-refractivity contribution in [2.45, 2.75) is 23.1 Å². The zero-order valence-corrected chi connectivity index (χ0v) is 34.1. The van der Waals surface area contributed by atoms with Gasteiger partial charge in [0.05, 0.1) is 0 Å². The van der Waals surface area contributed by atoms with Gasteiger partial charge in [-0.25, -0.2) is 9.78 Å². The summed E-state index contributed by atoms with van der Waals surface area (Å²) in [5.41, 5.74) is 4.46. The Balaban J connectivity index is 1.03. The third-order valence-corrected chi connectivity index (χ3v) is 12.6. The number of hydrogen-bond donors (Lipinski definition) is 2. The van der Waals surface area contributed by atoms with Gasteiger partial charge in [-0.3, -0.25) is 14.5 Å². The number of alkyl halides is 1. The number of amides is 2. The maximum absolute atomic E-state index is 14.1. The van der Waals surface area contributed by atoms with Crippen LogP contribution >= 0.6 is 34.7 Å². The molecule has 0 bridgehead atoms. The minimum absolute atomic E-state index is 0.0250. The number of fused-ring (bicyclic) bond motifs is 1. The van der Waals surface area contributed by atoms with Crippen LogP contribution in [0.5, 0.6) is 0 Å². The number of rotatable bonds is 14. The molecule has 2 N–H and O–H groups in total. The molecule has 2 atom stereocenters. The highest BCUT2D eigenvalue weighted by Crippen LogP contribution is 2.43. The van der Waals surface area contributed by atoms with Crippen molar-refractivity contribution in [1.82, 2.24) is 15.2 Å². The van der Waals surface area contributed by atoms with Gasteiger partial charge in [-0.2, -0.15) is 0 Å². The Labute approximate surface area is 354 Å². The smallest absolute Gasteiger partial charge is 0.356 e. The van der Waals surface area contributed by atoms with Crippen molar-refractivity contribution >= 4 is 63.3 Å². The molecule has 1 fully saturated rings. The summed E-state index contributed by atoms with van der Waals surface area (Å²) in [4.78, 5) is 53.4. The summed E-state index contributed by atoms with van der Waals surface area (Å²) in [5, 5.41) is 12.3. The quantitative estimate of drug-likeness (QED) is 0.0282. The third-order valence-electron chi connectivity index (χ3n) is 10.2. The molecule has 8 rings (SSSR count). The predicted molar refractivity (Wildman–Crippen MR) is 232 cm³/mol. The van der Waals surface area contributed by atoms with E-state index in [1.165, 1.54) is 35.1 Å². The van der Waals surface area contributed by atoms with Gasteiger partial charge in [0.2, 0.25) is 0 Å². The molecule has 0 radical (unpaired) electrons. The van der Waals surface area contributed by atoms with Gasteiger partial charge in [0, 0.05) is 17.0 Å². The summed E-state index contributed by atoms with van der Waals surface area (Å²) >= 11 is 9.07. The van der Waals surface area contributed by atoms with E-state index in [1.807, 2.05) is 115 Å². The lowest BCUT2D eigenvalue weighted by Crippen LogP contribution is -2.71. The first-order valence-electron chi connectivity index (χ1n) is 18.8. The molecule has 1 aromatic heterocycles. The summed E-state index contributed by atoms with van der Waals surface area (Å²) in [5.74, 6) is -1.42. The molecule has 1 saturated heterocycles. The second-order valence-electron chi connectivity index (χ2n) is 13.7. The van der Waals surface area contributed by atoms with Crippen LogP contribution in [-0.4, -0.2) is 63.5 Å². The highest BCUT2D eigenvalue weighted by molar-refractivity contribution is 8.00. The normalized spacial score (nSPS) is 16.6. The molecule has 2 amide bonds. The van der Waals surface area contributed by atoms with Crippen molar-refractivity contribution in [3.05, 3.63) is 202 Å². The zero-order chi connectivity index (χ0) is 40.8. The Morgan fingerprint density at radius 2 is 1.34 bits per heavy atom. The topological polar surface area (TPSA) is 122 Å². The van der Waals surface area contributed by atoms with E-state index in [2.05, 4.69) is 52.2 Å². The number of anilines is 1. The SMILES string of the molecule is CO/N=C(\C(=O)NC1C(=O)N2C(C(=O)OC(c3ccccc3)c3ccccc3)=C(CCl)CS[C@H]12)c1csc(NC(c2ccccc2)(c2ccccc2)c2ccccc2)n1. The summed E-state index contributed by atoms with van der Waals surface area (Å²) in [6.07, 6.45) is -0.725. The number of ether oxygens (including phenoxy) is 1. The maximum Gasteiger partial charge on any atom is 0.356 e. The summed E-state index contributed by atoms with van der Waals surface area (Å²) in [7, 11) is 1.34. The molecular formula is C46H38ClN5O5S2. The monoisotopic (exact) mass is 839 g/mol. The first-order valence-corrected chi connectivity index (χ1v) is 21.3. The number of esters is 1. The van der Waals surface area contributed by atoms with Crippen molar-refractivity contribution in [2.24, 2.45) is 5.16 Å². The number of benzene rings is 5. The lowest BCUT2D eigenvalue weighted by atomic mass is 9.77. The molecule has 1 unspecified atom stereocenters. The predicted octanol–water partition coefficient (Wildman–Crippen LogP) is 8.12. The van der Waals surface area contributed by atoms with Crippen LogP contribution in [0.3, 0.4) is 0 Å². The lowest BCUT2D eigenvalue weighted by Gasteiger charge is -2.49. The summed E-state index contributed by atoms with van der Waals surface area (Å²) in [6.45, 7) is 0. The average Bonchev–Trinajstić information content (AvgIpc) is 3.76. The standard InChI is InChI=1S/C46H38ClN5O5S2/c1-56-51-37(36-29-59-45(48-36)50-46(33-21-11-4-12-22-33,34-23-13-5-14-24-34)35-25-15-6-16-26-35)41(53)49-38-42(54)52-39(32(27-47)28-58-43(38)52)44(55)57-40(30-17-7-2-8-18-30)31-19-9-3-10-20-31/h2-26,29,38,40,43H,27-28H2,1H3,(H,48,50)(H,49,53)/b51-37-/t38?,43-/m1/s1. The molecule has 6 aromatic rings. The van der Waals surface area contributed by atoms with Gasteiger partial charge in [-0.1, -0.05) is 157 Å². The maximum atomic E-state index is 14.1. The van der Waals surface area contributed by atoms with Gasteiger partial charge in [-0.15, -0.1) is 34.7 Å². The van der Waals surface area contributed by atoms with E-state index < -0.39 is 40.8 Å². The van der Waals surface area contributed by atoms with Crippen LogP contribution in [0, 0.1) is 0 Å². The number of halogens is 1. The molecule has 296 valence electrons. The molecule has 5 aromatic carbocycles. The van der Waals surface area contributed by atoms with Crippen molar-refractivity contribution in [2.75, 3.05) is 24.1 Å². The van der Waals surface area contributed by atoms with E-state index in [0.717, 1.165) is 27.8 Å². The Morgan fingerprint density at radius 3 is 1.83 bits per heavy atom. The van der Waals surface area contributed by atoms with Gasteiger partial charge in [0.15, 0.2) is 16.9 Å². The highest BCUT2D eigenvalue weighted by Gasteiger charge is 2.55. The Kier molecular flexibility index (Phi) is 11.9. The zero-order valence-electron chi connectivity index (χ0n) is 31.7. The Morgan fingerprint density at radius 1 is 0.831 bits per heavy atom. The highest BCUT2D eigenvalue weighted by atomic mass is 35.5. The van der Waals surface area contributed by atoms with Gasteiger partial charge in [0.25, 0.3) is 11.8 Å². The second-order valence-corrected chi connectivity index (χ2v) is 15.9. The number of carbonyl (C=O) groups is 3. The number of thiazole rings is 1. The molecule has 2 aliphatic rings. The fraction of sp³-hybridized carbons (Fsp3) is 0.152. The number of nitrogens with zero attached hydrogens (tertiary/aromatic N) is 3. The minimum atomic E-state index is -0.966. The van der Waals surface area contributed by atoms with Crippen LogP contribution in [-0.2, 0) is 29.5 Å². The van der Waals surface area contributed by atoms with Crippen LogP contribution in [0.15, 0.2) is 173 Å². The molecule has 59 heavy (non-hydrogen) atoms. The largest absolute Gasteiger partial charge is 0.448 e. The molecule has 2 aliphatic heterocycles. The first-order chi connectivity index (χ1) is 28.9. The van der Waals surface area contributed by atoms with Crippen molar-refractivity contribution in [3.63, 3.8) is 0 Å². The van der Waals surface area contributed by atoms with E-state index >= 15 is 0 Å². The van der Waals surface area contributed by atoms with Crippen molar-refractivity contribution < 1.29 is 24.0 Å². The van der Waals surface area contributed by atoms with Crippen LogP contribution in [0.2, 0.25) is 0 Å². The molecule has 3 heterocycles. The first kappa shape index (κ1) is 39.6. The van der Waals surface area contributed by atoms with Crippen LogP contribution in [0.25, 0.3) is 0 Å². The molecule has 10 nitrogen and oxygen atoms in total. The average molecular weight is 840 g/mol. The van der Waals surface area contributed by atoms with Crippen molar-refractivity contribution in [1.29, 1.82) is 0 Å². The number of oxime groups is 1. The van der Waals surface area contributed by atoms with E-state index in [9.17, 15) is 14.4 Å². The fourth-order valence-corrected chi connectivity index (χ4v) is 9.84. The minimum Gasteiger partial charge on any atom is -0.448 e. The number of β-lactam (4-membered cyclic amide) rings is 1.